The Hall–Kier alpha value is -2.41. The van der Waals surface area contributed by atoms with Gasteiger partial charge < -0.3 is 9.47 Å². The first-order valence-corrected chi connectivity index (χ1v) is 6.32. The van der Waals surface area contributed by atoms with Gasteiger partial charge in [0.05, 0.1) is 12.0 Å². The Morgan fingerprint density at radius 3 is 2.71 bits per heavy atom. The third-order valence-corrected chi connectivity index (χ3v) is 2.78. The smallest absolute Gasteiger partial charge is 0.311 e. The van der Waals surface area contributed by atoms with Gasteiger partial charge in [0.1, 0.15) is 17.5 Å². The van der Waals surface area contributed by atoms with Crippen LogP contribution in [0, 0.1) is 17.0 Å². The summed E-state index contributed by atoms with van der Waals surface area (Å²) < 4.78 is 10.5. The molecule has 0 saturated carbocycles. The molecule has 2 aromatic rings. The monoisotopic (exact) mass is 309 g/mol. The van der Waals surface area contributed by atoms with Crippen LogP contribution in [0.2, 0.25) is 5.15 Å². The maximum absolute atomic E-state index is 11.0. The lowest BCUT2D eigenvalue weighted by molar-refractivity contribution is -0.386. The molecule has 0 atom stereocenters. The third-order valence-electron chi connectivity index (χ3n) is 2.59. The Morgan fingerprint density at radius 2 is 2.10 bits per heavy atom. The number of benzene rings is 1. The second-order valence-electron chi connectivity index (χ2n) is 4.13. The number of hydrogen-bond acceptors (Lipinski definition) is 6. The van der Waals surface area contributed by atoms with E-state index in [1.54, 1.807) is 13.0 Å². The molecule has 0 unspecified atom stereocenters. The van der Waals surface area contributed by atoms with Crippen LogP contribution in [0.1, 0.15) is 11.5 Å². The minimum Gasteiger partial charge on any atom is -0.497 e. The molecule has 110 valence electrons. The van der Waals surface area contributed by atoms with Crippen molar-refractivity contribution < 1.29 is 14.4 Å². The zero-order chi connectivity index (χ0) is 15.4. The highest BCUT2D eigenvalue weighted by molar-refractivity contribution is 6.29. The van der Waals surface area contributed by atoms with E-state index in [0.29, 0.717) is 22.4 Å². The fraction of sp³-hybridized carbons (Fsp3) is 0.231. The lowest BCUT2D eigenvalue weighted by atomic mass is 10.3. The molecule has 0 saturated heterocycles. The normalized spacial score (nSPS) is 10.2. The van der Waals surface area contributed by atoms with Crippen LogP contribution in [-0.2, 0) is 6.61 Å². The van der Waals surface area contributed by atoms with E-state index in [1.165, 1.54) is 25.3 Å². The molecule has 7 nitrogen and oxygen atoms in total. The molecule has 21 heavy (non-hydrogen) atoms. The summed E-state index contributed by atoms with van der Waals surface area (Å²) in [6.07, 6.45) is 0. The Labute approximate surface area is 125 Å². The van der Waals surface area contributed by atoms with Gasteiger partial charge in [0.2, 0.25) is 5.75 Å². The molecule has 1 aromatic carbocycles. The summed E-state index contributed by atoms with van der Waals surface area (Å²) in [4.78, 5) is 18.6. The van der Waals surface area contributed by atoms with Gasteiger partial charge in [-0.1, -0.05) is 11.6 Å². The third kappa shape index (κ3) is 3.79. The zero-order valence-corrected chi connectivity index (χ0v) is 12.1. The van der Waals surface area contributed by atoms with Crippen LogP contribution in [0.3, 0.4) is 0 Å². The lowest BCUT2D eigenvalue weighted by Gasteiger charge is -2.08. The van der Waals surface area contributed by atoms with Gasteiger partial charge >= 0.3 is 5.69 Å². The van der Waals surface area contributed by atoms with Gasteiger partial charge in [-0.25, -0.2) is 9.97 Å². The van der Waals surface area contributed by atoms with E-state index in [9.17, 15) is 10.1 Å². The fourth-order valence-corrected chi connectivity index (χ4v) is 1.94. The Balaban J connectivity index is 2.23. The SMILES string of the molecule is COc1ccc([N+](=O)[O-])c(OCc2nc(C)cc(Cl)n2)c1. The maximum atomic E-state index is 11.0. The lowest BCUT2D eigenvalue weighted by Crippen LogP contribution is -2.04. The summed E-state index contributed by atoms with van der Waals surface area (Å²) in [5.41, 5.74) is 0.531. The van der Waals surface area contributed by atoms with Crippen molar-refractivity contribution in [2.45, 2.75) is 13.5 Å². The molecule has 1 heterocycles. The van der Waals surface area contributed by atoms with Crippen molar-refractivity contribution in [1.29, 1.82) is 0 Å². The second-order valence-corrected chi connectivity index (χ2v) is 4.51. The van der Waals surface area contributed by atoms with Crippen molar-refractivity contribution in [3.63, 3.8) is 0 Å². The van der Waals surface area contributed by atoms with E-state index in [1.807, 2.05) is 0 Å². The molecule has 1 aromatic heterocycles. The molecule has 0 amide bonds. The summed E-state index contributed by atoms with van der Waals surface area (Å²) in [6.45, 7) is 1.74. The van der Waals surface area contributed by atoms with Gasteiger partial charge in [-0.2, -0.15) is 0 Å². The topological polar surface area (TPSA) is 87.4 Å². The molecule has 2 rings (SSSR count). The first-order chi connectivity index (χ1) is 9.99. The average Bonchev–Trinajstić information content (AvgIpc) is 2.43. The first-order valence-electron chi connectivity index (χ1n) is 5.95. The molecule has 0 spiro atoms. The van der Waals surface area contributed by atoms with E-state index in [-0.39, 0.29) is 18.0 Å². The molecule has 8 heteroatoms. The maximum Gasteiger partial charge on any atom is 0.311 e. The minimum atomic E-state index is -0.529. The number of rotatable bonds is 5. The van der Waals surface area contributed by atoms with Crippen molar-refractivity contribution in [1.82, 2.24) is 9.97 Å². The van der Waals surface area contributed by atoms with E-state index in [0.717, 1.165) is 0 Å². The number of halogens is 1. The van der Waals surface area contributed by atoms with E-state index in [4.69, 9.17) is 21.1 Å². The van der Waals surface area contributed by atoms with Gasteiger partial charge in [-0.3, -0.25) is 10.1 Å². The van der Waals surface area contributed by atoms with Crippen LogP contribution in [0.4, 0.5) is 5.69 Å². The van der Waals surface area contributed by atoms with Crippen LogP contribution in [0.15, 0.2) is 24.3 Å². The predicted octanol–water partition coefficient (Wildman–Crippen LogP) is 2.93. The molecular formula is C13H12ClN3O4. The molecule has 0 aliphatic carbocycles. The number of methoxy groups -OCH3 is 1. The van der Waals surface area contributed by atoms with Crippen molar-refractivity contribution in [3.05, 3.63) is 51.1 Å². The van der Waals surface area contributed by atoms with E-state index < -0.39 is 4.92 Å². The number of aromatic nitrogens is 2. The summed E-state index contributed by atoms with van der Waals surface area (Å²) in [5.74, 6) is 0.886. The highest BCUT2D eigenvalue weighted by atomic mass is 35.5. The Kier molecular flexibility index (Phi) is 4.54. The van der Waals surface area contributed by atoms with E-state index >= 15 is 0 Å². The molecule has 0 aliphatic rings. The fourth-order valence-electron chi connectivity index (χ4n) is 1.68. The standard InChI is InChI=1S/C13H12ClN3O4/c1-8-5-12(14)16-13(15-8)7-21-11-6-9(20-2)3-4-10(11)17(18)19/h3-6H,7H2,1-2H3. The molecule has 0 bridgehead atoms. The van der Waals surface area contributed by atoms with Gasteiger partial charge in [0.25, 0.3) is 0 Å². The highest BCUT2D eigenvalue weighted by Gasteiger charge is 2.16. The molecule has 0 fully saturated rings. The van der Waals surface area contributed by atoms with Gasteiger partial charge in [-0.05, 0) is 19.1 Å². The zero-order valence-electron chi connectivity index (χ0n) is 11.4. The van der Waals surface area contributed by atoms with Crippen LogP contribution in [0.25, 0.3) is 0 Å². The van der Waals surface area contributed by atoms with Crippen molar-refractivity contribution in [3.8, 4) is 11.5 Å². The predicted molar refractivity (Wildman–Crippen MR) is 75.8 cm³/mol. The molecular weight excluding hydrogens is 298 g/mol. The quantitative estimate of drug-likeness (QED) is 0.479. The number of nitro groups is 1. The van der Waals surface area contributed by atoms with Crippen molar-refractivity contribution >= 4 is 17.3 Å². The number of nitrogens with zero attached hydrogens (tertiary/aromatic N) is 3. The summed E-state index contributed by atoms with van der Waals surface area (Å²) in [5, 5.41) is 11.3. The first kappa shape index (κ1) is 15.0. The summed E-state index contributed by atoms with van der Waals surface area (Å²) in [7, 11) is 1.47. The highest BCUT2D eigenvalue weighted by Crippen LogP contribution is 2.31. The van der Waals surface area contributed by atoms with Crippen LogP contribution < -0.4 is 9.47 Å². The largest absolute Gasteiger partial charge is 0.497 e. The van der Waals surface area contributed by atoms with Gasteiger partial charge in [0.15, 0.2) is 5.82 Å². The van der Waals surface area contributed by atoms with Crippen LogP contribution in [-0.4, -0.2) is 22.0 Å². The van der Waals surface area contributed by atoms with Gasteiger partial charge in [-0.15, -0.1) is 0 Å². The number of aryl methyl sites for hydroxylation is 1. The van der Waals surface area contributed by atoms with Crippen molar-refractivity contribution in [2.75, 3.05) is 7.11 Å². The summed E-state index contributed by atoms with van der Waals surface area (Å²) in [6, 6.07) is 5.86. The number of ether oxygens (including phenoxy) is 2. The number of nitro benzene ring substituents is 1. The summed E-state index contributed by atoms with van der Waals surface area (Å²) >= 11 is 5.83. The van der Waals surface area contributed by atoms with Gasteiger partial charge in [0, 0.05) is 17.8 Å². The Bertz CT molecular complexity index is 658. The minimum absolute atomic E-state index is 0.0323. The van der Waals surface area contributed by atoms with Crippen molar-refractivity contribution in [2.24, 2.45) is 0 Å². The second kappa shape index (κ2) is 6.36. The van der Waals surface area contributed by atoms with Crippen LogP contribution in [0.5, 0.6) is 11.5 Å². The molecule has 0 aliphatic heterocycles. The average molecular weight is 310 g/mol. The van der Waals surface area contributed by atoms with E-state index in [2.05, 4.69) is 9.97 Å². The number of hydrogen-bond donors (Lipinski definition) is 0. The Morgan fingerprint density at radius 1 is 1.33 bits per heavy atom. The molecule has 0 radical (unpaired) electrons. The van der Waals surface area contributed by atoms with Crippen LogP contribution >= 0.6 is 11.6 Å². The molecule has 0 N–H and O–H groups in total.